The van der Waals surface area contributed by atoms with Gasteiger partial charge in [0.25, 0.3) is 0 Å². The van der Waals surface area contributed by atoms with Crippen LogP contribution in [0, 0.1) is 11.8 Å². The van der Waals surface area contributed by atoms with E-state index in [9.17, 15) is 9.90 Å². The van der Waals surface area contributed by atoms with Crippen molar-refractivity contribution in [2.24, 2.45) is 11.8 Å². The molecule has 4 unspecified atom stereocenters. The Morgan fingerprint density at radius 2 is 2.16 bits per heavy atom. The molecule has 0 aliphatic carbocycles. The third-order valence-electron chi connectivity index (χ3n) is 5.44. The number of rotatable bonds is 0. The van der Waals surface area contributed by atoms with Crippen LogP contribution in [0.25, 0.3) is 0 Å². The molecule has 0 aromatic carbocycles. The number of hydrogen-bond acceptors (Lipinski definition) is 3. The quantitative estimate of drug-likeness (QED) is 0.707. The summed E-state index contributed by atoms with van der Waals surface area (Å²) in [6, 6.07) is 0.288. The average molecular weight is 262 g/mol. The summed E-state index contributed by atoms with van der Waals surface area (Å²) in [6.07, 6.45) is 6.98. The van der Waals surface area contributed by atoms with E-state index in [1.54, 1.807) is 0 Å². The first kappa shape index (κ1) is 11.9. The van der Waals surface area contributed by atoms with Crippen LogP contribution in [0.2, 0.25) is 0 Å². The summed E-state index contributed by atoms with van der Waals surface area (Å²) < 4.78 is 0. The zero-order valence-corrected chi connectivity index (χ0v) is 11.3. The molecule has 0 aromatic rings. The van der Waals surface area contributed by atoms with Crippen LogP contribution >= 0.6 is 0 Å². The van der Waals surface area contributed by atoms with Crippen molar-refractivity contribution in [3.63, 3.8) is 0 Å². The van der Waals surface area contributed by atoms with Crippen molar-refractivity contribution < 1.29 is 9.90 Å². The summed E-state index contributed by atoms with van der Waals surface area (Å²) in [6.45, 7) is 2.95. The van der Waals surface area contributed by atoms with Gasteiger partial charge >= 0.3 is 0 Å². The first-order chi connectivity index (χ1) is 9.24. The van der Waals surface area contributed by atoms with Crippen molar-refractivity contribution in [3.05, 3.63) is 11.8 Å². The lowest BCUT2D eigenvalue weighted by Gasteiger charge is -2.54. The lowest BCUT2D eigenvalue weighted by molar-refractivity contribution is -0.147. The molecule has 4 aliphatic rings. The third-order valence-corrected chi connectivity index (χ3v) is 5.44. The Kier molecular flexibility index (Phi) is 2.71. The molecule has 104 valence electrons. The van der Waals surface area contributed by atoms with Crippen molar-refractivity contribution in [3.8, 4) is 0 Å². The van der Waals surface area contributed by atoms with Crippen LogP contribution in [-0.2, 0) is 4.79 Å². The Bertz CT molecular complexity index is 434. The van der Waals surface area contributed by atoms with E-state index >= 15 is 0 Å². The second-order valence-corrected chi connectivity index (χ2v) is 6.54. The number of allylic oxidation sites excluding steroid dienone is 1. The van der Waals surface area contributed by atoms with E-state index in [2.05, 4.69) is 15.9 Å². The predicted octanol–water partition coefficient (Wildman–Crippen LogP) is 0.968. The number of fused-ring (bicyclic) bond motifs is 6. The Morgan fingerprint density at radius 1 is 1.26 bits per heavy atom. The lowest BCUT2D eigenvalue weighted by atomic mass is 9.73. The normalized spacial score (nSPS) is 42.5. The van der Waals surface area contributed by atoms with Gasteiger partial charge in [-0.25, -0.2) is 0 Å². The van der Waals surface area contributed by atoms with Gasteiger partial charge in [0.2, 0.25) is 5.91 Å². The average Bonchev–Trinajstić information content (AvgIpc) is 2.45. The first-order valence-electron chi connectivity index (χ1n) is 7.67. The maximum atomic E-state index is 12.7. The molecule has 4 heteroatoms. The van der Waals surface area contributed by atoms with E-state index in [0.29, 0.717) is 11.8 Å². The van der Waals surface area contributed by atoms with Crippen molar-refractivity contribution in [1.82, 2.24) is 9.80 Å². The molecule has 1 N–H and O–H groups in total. The highest BCUT2D eigenvalue weighted by Crippen LogP contribution is 2.43. The summed E-state index contributed by atoms with van der Waals surface area (Å²) in [4.78, 5) is 17.2. The van der Waals surface area contributed by atoms with Crippen LogP contribution in [0.4, 0.5) is 0 Å². The van der Waals surface area contributed by atoms with Gasteiger partial charge in [-0.15, -0.1) is 0 Å². The first-order valence-corrected chi connectivity index (χ1v) is 7.67. The number of nitrogens with zero attached hydrogens (tertiary/aromatic N) is 2. The molecule has 1 amide bonds. The smallest absolute Gasteiger partial charge is 0.231 e. The summed E-state index contributed by atoms with van der Waals surface area (Å²) in [5.74, 6) is 1.00. The molecular weight excluding hydrogens is 240 g/mol. The topological polar surface area (TPSA) is 43.8 Å². The number of piperidine rings is 3. The van der Waals surface area contributed by atoms with Crippen LogP contribution in [0.1, 0.15) is 32.1 Å². The highest BCUT2D eigenvalue weighted by Gasteiger charge is 2.49. The molecule has 4 rings (SSSR count). The minimum atomic E-state index is -0.205. The molecule has 0 spiro atoms. The molecule has 4 atom stereocenters. The molecule has 4 aliphatic heterocycles. The van der Waals surface area contributed by atoms with Gasteiger partial charge in [0, 0.05) is 37.3 Å². The van der Waals surface area contributed by atoms with Gasteiger partial charge < -0.3 is 10.0 Å². The Morgan fingerprint density at radius 3 is 3.05 bits per heavy atom. The zero-order chi connectivity index (χ0) is 13.0. The Hall–Kier alpha value is -0.870. The molecule has 2 bridgehead atoms. The van der Waals surface area contributed by atoms with E-state index in [0.717, 1.165) is 51.7 Å². The molecule has 4 heterocycles. The van der Waals surface area contributed by atoms with Crippen molar-refractivity contribution in [2.75, 3.05) is 19.6 Å². The van der Waals surface area contributed by atoms with E-state index in [1.807, 2.05) is 0 Å². The largest absolute Gasteiger partial charge is 0.393 e. The number of aliphatic hydroxyl groups is 1. The van der Waals surface area contributed by atoms with Crippen LogP contribution in [-0.4, -0.2) is 52.6 Å². The lowest BCUT2D eigenvalue weighted by Crippen LogP contribution is -2.62. The minimum absolute atomic E-state index is 0.129. The molecule has 0 aromatic heterocycles. The Balaban J connectivity index is 1.67. The third kappa shape index (κ3) is 1.77. The van der Waals surface area contributed by atoms with Gasteiger partial charge in [0.1, 0.15) is 0 Å². The van der Waals surface area contributed by atoms with Crippen molar-refractivity contribution in [2.45, 2.75) is 44.2 Å². The fourth-order valence-corrected chi connectivity index (χ4v) is 4.54. The molecule has 3 saturated heterocycles. The number of aliphatic hydroxyl groups excluding tert-OH is 1. The monoisotopic (exact) mass is 262 g/mol. The maximum Gasteiger partial charge on any atom is 0.231 e. The summed E-state index contributed by atoms with van der Waals surface area (Å²) in [5, 5.41) is 9.90. The molecular formula is C15H22N2O2. The standard InChI is InChI=1S/C15H22N2O2/c18-11-4-6-16-9-10-7-12(14(16)8-11)15(19)17-5-2-1-3-13(10)17/h3,10-12,14,18H,1-2,4-9H2. The van der Waals surface area contributed by atoms with Crippen molar-refractivity contribution >= 4 is 5.91 Å². The van der Waals surface area contributed by atoms with E-state index in [-0.39, 0.29) is 18.1 Å². The van der Waals surface area contributed by atoms with Crippen molar-refractivity contribution in [1.29, 1.82) is 0 Å². The fourth-order valence-electron chi connectivity index (χ4n) is 4.54. The Labute approximate surface area is 114 Å². The van der Waals surface area contributed by atoms with Crippen LogP contribution in [0.3, 0.4) is 0 Å². The number of hydrogen-bond donors (Lipinski definition) is 1. The predicted molar refractivity (Wildman–Crippen MR) is 71.2 cm³/mol. The van der Waals surface area contributed by atoms with Gasteiger partial charge in [-0.2, -0.15) is 0 Å². The van der Waals surface area contributed by atoms with E-state index in [1.165, 1.54) is 5.70 Å². The molecule has 19 heavy (non-hydrogen) atoms. The highest BCUT2D eigenvalue weighted by atomic mass is 16.3. The van der Waals surface area contributed by atoms with Crippen LogP contribution in [0.15, 0.2) is 11.8 Å². The van der Waals surface area contributed by atoms with Crippen LogP contribution in [0.5, 0.6) is 0 Å². The van der Waals surface area contributed by atoms with Gasteiger partial charge in [0.15, 0.2) is 0 Å². The second kappa shape index (κ2) is 4.32. The minimum Gasteiger partial charge on any atom is -0.393 e. The maximum absolute atomic E-state index is 12.7. The van der Waals surface area contributed by atoms with Gasteiger partial charge in [-0.05, 0) is 32.1 Å². The number of carbonyl (C=O) groups is 1. The highest BCUT2D eigenvalue weighted by molar-refractivity contribution is 5.83. The second-order valence-electron chi connectivity index (χ2n) is 6.54. The molecule has 0 radical (unpaired) electrons. The molecule has 3 fully saturated rings. The van der Waals surface area contributed by atoms with Crippen LogP contribution < -0.4 is 0 Å². The molecule has 0 saturated carbocycles. The number of amides is 1. The summed E-state index contributed by atoms with van der Waals surface area (Å²) in [5.41, 5.74) is 1.30. The van der Waals surface area contributed by atoms with E-state index in [4.69, 9.17) is 0 Å². The summed E-state index contributed by atoms with van der Waals surface area (Å²) in [7, 11) is 0. The van der Waals surface area contributed by atoms with E-state index < -0.39 is 0 Å². The zero-order valence-electron chi connectivity index (χ0n) is 11.3. The molecule has 4 nitrogen and oxygen atoms in total. The summed E-state index contributed by atoms with van der Waals surface area (Å²) >= 11 is 0. The van der Waals surface area contributed by atoms with Gasteiger partial charge in [-0.1, -0.05) is 6.08 Å². The fraction of sp³-hybridized carbons (Fsp3) is 0.800. The van der Waals surface area contributed by atoms with Gasteiger partial charge in [-0.3, -0.25) is 9.69 Å². The SMILES string of the molecule is O=C1C2CC(CN3CCC(O)CC23)C2=CCCCN12. The van der Waals surface area contributed by atoms with Gasteiger partial charge in [0.05, 0.1) is 12.0 Å². The number of carbonyl (C=O) groups excluding carboxylic acids is 1.